The summed E-state index contributed by atoms with van der Waals surface area (Å²) in [7, 11) is 0. The Balaban J connectivity index is 2.66. The molecule has 0 amide bonds. The number of phenolic OH excluding ortho intramolecular Hbond substituents is 1. The number of hydrogen-bond donors (Lipinski definition) is 3. The van der Waals surface area contributed by atoms with Crippen molar-refractivity contribution in [2.45, 2.75) is 6.92 Å². The molecule has 5 N–H and O–H groups in total. The molecule has 0 atom stereocenters. The molecule has 17 heavy (non-hydrogen) atoms. The topological polar surface area (TPSA) is 107 Å². The number of nitrogen functional groups attached to an aromatic ring is 2. The molecule has 0 saturated heterocycles. The van der Waals surface area contributed by atoms with Crippen molar-refractivity contribution in [3.05, 3.63) is 29.8 Å². The van der Waals surface area contributed by atoms with Crippen LogP contribution in [0.4, 0.5) is 11.6 Å². The number of phenols is 1. The van der Waals surface area contributed by atoms with Gasteiger partial charge in [0, 0.05) is 0 Å². The molecule has 1 heterocycles. The van der Waals surface area contributed by atoms with Crippen molar-refractivity contribution in [2.24, 2.45) is 0 Å². The SMILES string of the molecule is CC(=O)c1c(N)nn(-c2ccccc2O)c1N. The lowest BCUT2D eigenvalue weighted by Crippen LogP contribution is -2.04. The van der Waals surface area contributed by atoms with Gasteiger partial charge >= 0.3 is 0 Å². The van der Waals surface area contributed by atoms with Gasteiger partial charge in [-0.1, -0.05) is 12.1 Å². The first-order valence-electron chi connectivity index (χ1n) is 4.95. The van der Waals surface area contributed by atoms with Gasteiger partial charge < -0.3 is 16.6 Å². The van der Waals surface area contributed by atoms with Gasteiger partial charge in [-0.3, -0.25) is 4.79 Å². The molecular weight excluding hydrogens is 220 g/mol. The molecule has 0 aliphatic heterocycles. The first kappa shape index (κ1) is 11.0. The molecule has 2 rings (SSSR count). The van der Waals surface area contributed by atoms with E-state index in [1.807, 2.05) is 0 Å². The zero-order chi connectivity index (χ0) is 12.6. The number of benzene rings is 1. The third kappa shape index (κ3) is 1.69. The summed E-state index contributed by atoms with van der Waals surface area (Å²) in [5.41, 5.74) is 12.0. The Morgan fingerprint density at radius 3 is 2.53 bits per heavy atom. The zero-order valence-corrected chi connectivity index (χ0v) is 9.21. The van der Waals surface area contributed by atoms with Crippen LogP contribution in [0.25, 0.3) is 5.69 Å². The molecule has 0 saturated carbocycles. The van der Waals surface area contributed by atoms with E-state index >= 15 is 0 Å². The van der Waals surface area contributed by atoms with E-state index in [4.69, 9.17) is 11.5 Å². The predicted molar refractivity (Wildman–Crippen MR) is 64.1 cm³/mol. The van der Waals surface area contributed by atoms with Gasteiger partial charge in [-0.05, 0) is 19.1 Å². The molecule has 0 aliphatic carbocycles. The van der Waals surface area contributed by atoms with Crippen LogP contribution < -0.4 is 11.5 Å². The quantitative estimate of drug-likeness (QED) is 0.668. The molecule has 0 bridgehead atoms. The van der Waals surface area contributed by atoms with Crippen LogP contribution >= 0.6 is 0 Å². The van der Waals surface area contributed by atoms with Crippen LogP contribution in [0, 0.1) is 0 Å². The van der Waals surface area contributed by atoms with Crippen LogP contribution in [0.5, 0.6) is 5.75 Å². The summed E-state index contributed by atoms with van der Waals surface area (Å²) in [6.07, 6.45) is 0. The lowest BCUT2D eigenvalue weighted by Gasteiger charge is -2.05. The van der Waals surface area contributed by atoms with E-state index in [0.717, 1.165) is 0 Å². The van der Waals surface area contributed by atoms with Crippen LogP contribution in [0.3, 0.4) is 0 Å². The number of rotatable bonds is 2. The number of nitrogens with zero attached hydrogens (tertiary/aromatic N) is 2. The number of Topliss-reactive ketones (excluding diaryl/α,β-unsaturated/α-hetero) is 1. The fraction of sp³-hybridized carbons (Fsp3) is 0.0909. The third-order valence-corrected chi connectivity index (χ3v) is 2.41. The zero-order valence-electron chi connectivity index (χ0n) is 9.21. The Kier molecular flexibility index (Phi) is 2.47. The molecule has 2 aromatic rings. The molecule has 0 fully saturated rings. The van der Waals surface area contributed by atoms with Gasteiger partial charge in [0.25, 0.3) is 0 Å². The Morgan fingerprint density at radius 1 is 1.35 bits per heavy atom. The molecular formula is C11H12N4O2. The normalized spacial score (nSPS) is 10.4. The molecule has 6 nitrogen and oxygen atoms in total. The lowest BCUT2D eigenvalue weighted by atomic mass is 10.2. The number of ketones is 1. The van der Waals surface area contributed by atoms with E-state index in [1.165, 1.54) is 17.7 Å². The maximum absolute atomic E-state index is 11.3. The Morgan fingerprint density at radius 2 is 2.00 bits per heavy atom. The van der Waals surface area contributed by atoms with Crippen molar-refractivity contribution >= 4 is 17.4 Å². The van der Waals surface area contributed by atoms with Crippen molar-refractivity contribution in [1.82, 2.24) is 9.78 Å². The van der Waals surface area contributed by atoms with E-state index in [9.17, 15) is 9.90 Å². The summed E-state index contributed by atoms with van der Waals surface area (Å²) < 4.78 is 1.25. The van der Waals surface area contributed by atoms with Crippen LogP contribution in [-0.4, -0.2) is 20.7 Å². The minimum atomic E-state index is -0.262. The monoisotopic (exact) mass is 232 g/mol. The van der Waals surface area contributed by atoms with E-state index in [0.29, 0.717) is 5.69 Å². The molecule has 6 heteroatoms. The number of aromatic nitrogens is 2. The number of anilines is 2. The summed E-state index contributed by atoms with van der Waals surface area (Å²) >= 11 is 0. The molecule has 0 unspecified atom stereocenters. The van der Waals surface area contributed by atoms with Gasteiger partial charge in [0.2, 0.25) is 0 Å². The van der Waals surface area contributed by atoms with Crippen LogP contribution in [0.1, 0.15) is 17.3 Å². The highest BCUT2D eigenvalue weighted by atomic mass is 16.3. The first-order chi connectivity index (χ1) is 8.02. The van der Waals surface area contributed by atoms with E-state index in [1.54, 1.807) is 18.2 Å². The number of nitrogens with two attached hydrogens (primary N) is 2. The molecule has 0 aliphatic rings. The van der Waals surface area contributed by atoms with E-state index in [2.05, 4.69) is 5.10 Å². The summed E-state index contributed by atoms with van der Waals surface area (Å²) in [5, 5.41) is 13.6. The standard InChI is InChI=1S/C11H12N4O2/c1-6(16)9-10(12)14-15(11(9)13)7-4-2-3-5-8(7)17/h2-5,17H,13H2,1H3,(H2,12,14). The maximum Gasteiger partial charge on any atom is 0.167 e. The average Bonchev–Trinajstić information content (AvgIpc) is 2.55. The molecule has 1 aromatic carbocycles. The van der Waals surface area contributed by atoms with Crippen molar-refractivity contribution in [3.8, 4) is 11.4 Å². The number of aromatic hydroxyl groups is 1. The average molecular weight is 232 g/mol. The second-order valence-corrected chi connectivity index (χ2v) is 3.60. The fourth-order valence-electron chi connectivity index (χ4n) is 1.64. The van der Waals surface area contributed by atoms with Crippen LogP contribution in [0.2, 0.25) is 0 Å². The third-order valence-electron chi connectivity index (χ3n) is 2.41. The highest BCUT2D eigenvalue weighted by molar-refractivity contribution is 6.03. The van der Waals surface area contributed by atoms with E-state index < -0.39 is 0 Å². The maximum atomic E-state index is 11.3. The Labute approximate surface area is 97.5 Å². The summed E-state index contributed by atoms with van der Waals surface area (Å²) in [5.74, 6) is -0.0757. The number of hydrogen-bond acceptors (Lipinski definition) is 5. The van der Waals surface area contributed by atoms with Crippen molar-refractivity contribution in [2.75, 3.05) is 11.5 Å². The molecule has 0 radical (unpaired) electrons. The second-order valence-electron chi connectivity index (χ2n) is 3.60. The minimum absolute atomic E-state index is 0.0109. The predicted octanol–water partition coefficient (Wildman–Crippen LogP) is 0.945. The van der Waals surface area contributed by atoms with Gasteiger partial charge in [-0.2, -0.15) is 0 Å². The van der Waals surface area contributed by atoms with Gasteiger partial charge in [0.15, 0.2) is 11.6 Å². The number of carbonyl (C=O) groups excluding carboxylic acids is 1. The summed E-state index contributed by atoms with van der Waals surface area (Å²) in [6.45, 7) is 1.36. The summed E-state index contributed by atoms with van der Waals surface area (Å²) in [4.78, 5) is 11.3. The smallest absolute Gasteiger partial charge is 0.167 e. The lowest BCUT2D eigenvalue weighted by molar-refractivity contribution is 0.101. The molecule has 88 valence electrons. The Bertz CT molecular complexity index is 589. The van der Waals surface area contributed by atoms with Gasteiger partial charge in [-0.25, -0.2) is 4.68 Å². The van der Waals surface area contributed by atoms with Crippen molar-refractivity contribution < 1.29 is 9.90 Å². The molecule has 1 aromatic heterocycles. The van der Waals surface area contributed by atoms with Crippen LogP contribution in [-0.2, 0) is 0 Å². The van der Waals surface area contributed by atoms with Gasteiger partial charge in [-0.15, -0.1) is 5.10 Å². The number of para-hydroxylation sites is 2. The van der Waals surface area contributed by atoms with E-state index in [-0.39, 0.29) is 28.7 Å². The first-order valence-corrected chi connectivity index (χ1v) is 4.95. The fourth-order valence-corrected chi connectivity index (χ4v) is 1.64. The van der Waals surface area contributed by atoms with Gasteiger partial charge in [0.1, 0.15) is 22.8 Å². The minimum Gasteiger partial charge on any atom is -0.506 e. The summed E-state index contributed by atoms with van der Waals surface area (Å²) in [6, 6.07) is 6.52. The second kappa shape index (κ2) is 3.82. The van der Waals surface area contributed by atoms with Crippen molar-refractivity contribution in [1.29, 1.82) is 0 Å². The van der Waals surface area contributed by atoms with Crippen molar-refractivity contribution in [3.63, 3.8) is 0 Å². The highest BCUT2D eigenvalue weighted by Gasteiger charge is 2.19. The molecule has 0 spiro atoms. The van der Waals surface area contributed by atoms with Gasteiger partial charge in [0.05, 0.1) is 0 Å². The van der Waals surface area contributed by atoms with Crippen LogP contribution in [0.15, 0.2) is 24.3 Å². The number of carbonyl (C=O) groups is 1. The largest absolute Gasteiger partial charge is 0.506 e. The highest BCUT2D eigenvalue weighted by Crippen LogP contribution is 2.27. The Hall–Kier alpha value is -2.50.